The second-order valence-corrected chi connectivity index (χ2v) is 4.53. The Labute approximate surface area is 63.3 Å². The first-order valence-electron chi connectivity index (χ1n) is 2.93. The van der Waals surface area contributed by atoms with Gasteiger partial charge in [0.25, 0.3) is 0 Å². The van der Waals surface area contributed by atoms with Crippen molar-refractivity contribution >= 4 is 23.4 Å². The van der Waals surface area contributed by atoms with E-state index in [1.165, 1.54) is 0 Å². The maximum Gasteiger partial charge on any atom is 0.0598 e. The topological polar surface area (TPSA) is 29.1 Å². The third kappa shape index (κ3) is 1.69. The zero-order chi connectivity index (χ0) is 6.85. The number of rotatable bonds is 1. The van der Waals surface area contributed by atoms with Crippen LogP contribution < -0.4 is 5.32 Å². The fraction of sp³-hybridized carbons (Fsp3) is 1.00. The molecule has 0 aromatic carbocycles. The molecule has 1 aliphatic rings. The van der Waals surface area contributed by atoms with Gasteiger partial charge in [0.05, 0.1) is 5.25 Å². The van der Waals surface area contributed by atoms with Crippen LogP contribution >= 0.6 is 12.6 Å². The Hall–Kier alpha value is 0.460. The number of hydrogen-bond donors (Lipinski definition) is 2. The Balaban J connectivity index is 2.49. The lowest BCUT2D eigenvalue weighted by Gasteiger charge is -2.07. The SMILES string of the molecule is CS(=O)C1CNCC1S. The van der Waals surface area contributed by atoms with E-state index in [-0.39, 0.29) is 10.5 Å². The fourth-order valence-electron chi connectivity index (χ4n) is 0.980. The quantitative estimate of drug-likeness (QED) is 0.519. The maximum atomic E-state index is 10.9. The highest BCUT2D eigenvalue weighted by molar-refractivity contribution is 7.87. The van der Waals surface area contributed by atoms with Gasteiger partial charge in [-0.15, -0.1) is 0 Å². The van der Waals surface area contributed by atoms with E-state index in [2.05, 4.69) is 17.9 Å². The lowest BCUT2D eigenvalue weighted by Crippen LogP contribution is -2.23. The normalized spacial score (nSPS) is 38.9. The summed E-state index contributed by atoms with van der Waals surface area (Å²) in [6.45, 7) is 1.75. The highest BCUT2D eigenvalue weighted by Gasteiger charge is 2.26. The van der Waals surface area contributed by atoms with Crippen LogP contribution in [-0.4, -0.2) is 34.1 Å². The molecule has 0 spiro atoms. The van der Waals surface area contributed by atoms with Crippen LogP contribution in [0.25, 0.3) is 0 Å². The van der Waals surface area contributed by atoms with E-state index in [4.69, 9.17) is 0 Å². The summed E-state index contributed by atoms with van der Waals surface area (Å²) in [5.41, 5.74) is 0. The predicted octanol–water partition coefficient (Wildman–Crippen LogP) is -0.365. The first-order valence-corrected chi connectivity index (χ1v) is 5.06. The van der Waals surface area contributed by atoms with E-state index in [1.807, 2.05) is 0 Å². The van der Waals surface area contributed by atoms with E-state index in [9.17, 15) is 4.21 Å². The van der Waals surface area contributed by atoms with Crippen molar-refractivity contribution in [1.82, 2.24) is 5.32 Å². The number of thiol groups is 1. The summed E-state index contributed by atoms with van der Waals surface area (Å²) in [7, 11) is -0.710. The maximum absolute atomic E-state index is 10.9. The molecule has 4 heteroatoms. The van der Waals surface area contributed by atoms with Crippen molar-refractivity contribution < 1.29 is 4.21 Å². The summed E-state index contributed by atoms with van der Waals surface area (Å²) in [6.07, 6.45) is 1.74. The molecule has 1 saturated heterocycles. The minimum Gasteiger partial charge on any atom is -0.314 e. The molecule has 2 nitrogen and oxygen atoms in total. The highest BCUT2D eigenvalue weighted by Crippen LogP contribution is 2.11. The Bertz CT molecular complexity index is 128. The summed E-state index contributed by atoms with van der Waals surface area (Å²) in [5, 5.41) is 3.68. The highest BCUT2D eigenvalue weighted by atomic mass is 32.2. The Kier molecular flexibility index (Phi) is 2.55. The molecule has 54 valence electrons. The molecule has 0 bridgehead atoms. The molecule has 1 heterocycles. The summed E-state index contributed by atoms with van der Waals surface area (Å²) in [6, 6.07) is 0. The minimum absolute atomic E-state index is 0.258. The van der Waals surface area contributed by atoms with E-state index < -0.39 is 10.8 Å². The van der Waals surface area contributed by atoms with Crippen molar-refractivity contribution in [3.63, 3.8) is 0 Å². The van der Waals surface area contributed by atoms with Crippen LogP contribution in [0.3, 0.4) is 0 Å². The predicted molar refractivity (Wildman–Crippen MR) is 43.5 cm³/mol. The zero-order valence-corrected chi connectivity index (χ0v) is 7.04. The van der Waals surface area contributed by atoms with Crippen LogP contribution in [0, 0.1) is 0 Å². The van der Waals surface area contributed by atoms with Crippen LogP contribution in [0.5, 0.6) is 0 Å². The largest absolute Gasteiger partial charge is 0.314 e. The van der Waals surface area contributed by atoms with Gasteiger partial charge in [0.15, 0.2) is 0 Å². The van der Waals surface area contributed by atoms with Gasteiger partial charge in [-0.2, -0.15) is 12.6 Å². The third-order valence-corrected chi connectivity index (χ3v) is 3.65. The molecule has 1 aliphatic heterocycles. The summed E-state index contributed by atoms with van der Waals surface area (Å²) in [4.78, 5) is 0. The van der Waals surface area contributed by atoms with Crippen LogP contribution in [0.2, 0.25) is 0 Å². The summed E-state index contributed by atoms with van der Waals surface area (Å²) >= 11 is 4.27. The molecule has 0 aromatic rings. The van der Waals surface area contributed by atoms with E-state index in [1.54, 1.807) is 6.26 Å². The molecule has 0 radical (unpaired) electrons. The van der Waals surface area contributed by atoms with Crippen LogP contribution in [0.4, 0.5) is 0 Å². The van der Waals surface area contributed by atoms with Crippen molar-refractivity contribution in [2.75, 3.05) is 19.3 Å². The first kappa shape index (κ1) is 7.57. The average Bonchev–Trinajstić information content (AvgIpc) is 2.13. The third-order valence-electron chi connectivity index (χ3n) is 1.55. The fourth-order valence-corrected chi connectivity index (χ4v) is 2.62. The Morgan fingerprint density at radius 2 is 2.33 bits per heavy atom. The van der Waals surface area contributed by atoms with Crippen molar-refractivity contribution in [3.05, 3.63) is 0 Å². The average molecular weight is 165 g/mol. The minimum atomic E-state index is -0.710. The second kappa shape index (κ2) is 3.03. The molecular weight excluding hydrogens is 154 g/mol. The zero-order valence-electron chi connectivity index (χ0n) is 5.33. The molecule has 3 atom stereocenters. The summed E-state index contributed by atoms with van der Waals surface area (Å²) in [5.74, 6) is 0. The van der Waals surface area contributed by atoms with Crippen molar-refractivity contribution in [1.29, 1.82) is 0 Å². The molecule has 1 fully saturated rings. The first-order chi connectivity index (χ1) is 4.22. The molecule has 9 heavy (non-hydrogen) atoms. The number of hydrogen-bond acceptors (Lipinski definition) is 3. The molecule has 0 saturated carbocycles. The van der Waals surface area contributed by atoms with E-state index in [0.717, 1.165) is 13.1 Å². The lowest BCUT2D eigenvalue weighted by molar-refractivity contribution is 0.677. The van der Waals surface area contributed by atoms with Gasteiger partial charge in [0.2, 0.25) is 0 Å². The molecule has 0 amide bonds. The molecule has 3 unspecified atom stereocenters. The lowest BCUT2D eigenvalue weighted by atomic mass is 10.4. The molecular formula is C5H11NOS2. The molecule has 1 N–H and O–H groups in total. The van der Waals surface area contributed by atoms with Gasteiger partial charge in [-0.05, 0) is 0 Å². The van der Waals surface area contributed by atoms with Gasteiger partial charge < -0.3 is 5.32 Å². The van der Waals surface area contributed by atoms with Gasteiger partial charge in [0.1, 0.15) is 0 Å². The van der Waals surface area contributed by atoms with E-state index >= 15 is 0 Å². The Morgan fingerprint density at radius 1 is 1.67 bits per heavy atom. The molecule has 1 rings (SSSR count). The van der Waals surface area contributed by atoms with Crippen molar-refractivity contribution in [2.24, 2.45) is 0 Å². The molecule has 0 aromatic heterocycles. The van der Waals surface area contributed by atoms with Crippen LogP contribution in [-0.2, 0) is 10.8 Å². The van der Waals surface area contributed by atoms with Crippen molar-refractivity contribution in [3.8, 4) is 0 Å². The van der Waals surface area contributed by atoms with Gasteiger partial charge in [-0.3, -0.25) is 4.21 Å². The van der Waals surface area contributed by atoms with Crippen LogP contribution in [0.15, 0.2) is 0 Å². The van der Waals surface area contributed by atoms with E-state index in [0.29, 0.717) is 0 Å². The van der Waals surface area contributed by atoms with Crippen molar-refractivity contribution in [2.45, 2.75) is 10.5 Å². The smallest absolute Gasteiger partial charge is 0.0598 e. The van der Waals surface area contributed by atoms with Gasteiger partial charge in [-0.25, -0.2) is 0 Å². The van der Waals surface area contributed by atoms with Crippen LogP contribution in [0.1, 0.15) is 0 Å². The monoisotopic (exact) mass is 165 g/mol. The van der Waals surface area contributed by atoms with Gasteiger partial charge in [0, 0.05) is 35.4 Å². The number of nitrogens with one attached hydrogen (secondary N) is 1. The van der Waals surface area contributed by atoms with Gasteiger partial charge >= 0.3 is 0 Å². The molecule has 0 aliphatic carbocycles. The standard InChI is InChI=1S/C5H11NOS2/c1-9(7)5-3-6-2-4(5)8/h4-6,8H,2-3H2,1H3. The Morgan fingerprint density at radius 3 is 2.56 bits per heavy atom. The van der Waals surface area contributed by atoms with Gasteiger partial charge in [-0.1, -0.05) is 0 Å². The second-order valence-electron chi connectivity index (χ2n) is 2.26. The summed E-state index contributed by atoms with van der Waals surface area (Å²) < 4.78 is 10.9.